The van der Waals surface area contributed by atoms with Crippen molar-refractivity contribution in [3.05, 3.63) is 51.2 Å². The molecule has 23 heavy (non-hydrogen) atoms. The van der Waals surface area contributed by atoms with Crippen molar-refractivity contribution in [1.82, 2.24) is 4.98 Å². The molecule has 8 heteroatoms. The Kier molecular flexibility index (Phi) is 4.23. The topological polar surface area (TPSA) is 132 Å². The van der Waals surface area contributed by atoms with Crippen molar-refractivity contribution in [2.75, 3.05) is 12.8 Å². The van der Waals surface area contributed by atoms with E-state index in [4.69, 9.17) is 10.5 Å². The molecule has 1 heterocycles. The molecule has 1 aromatic heterocycles. The number of hydrogen-bond acceptors (Lipinski definition) is 7. The predicted octanol–water partition coefficient (Wildman–Crippen LogP) is 2.21. The highest BCUT2D eigenvalue weighted by Crippen LogP contribution is 2.34. The van der Waals surface area contributed by atoms with Crippen LogP contribution >= 0.6 is 0 Å². The number of esters is 1. The van der Waals surface area contributed by atoms with Crippen LogP contribution in [0.25, 0.3) is 11.1 Å². The van der Waals surface area contributed by atoms with Gasteiger partial charge in [0.1, 0.15) is 17.5 Å². The SMILES string of the molecule is COC(=O)c1c(C)nc(N)c(C#N)c1-c1cccc([N+](=O)[O-])c1. The summed E-state index contributed by atoms with van der Waals surface area (Å²) < 4.78 is 4.73. The fourth-order valence-electron chi connectivity index (χ4n) is 2.26. The number of aryl methyl sites for hydroxylation is 1. The van der Waals surface area contributed by atoms with Crippen LogP contribution in [-0.2, 0) is 4.74 Å². The Morgan fingerprint density at radius 1 is 1.48 bits per heavy atom. The Labute approximate surface area is 131 Å². The van der Waals surface area contributed by atoms with E-state index >= 15 is 0 Å². The summed E-state index contributed by atoms with van der Waals surface area (Å²) in [5.74, 6) is -0.757. The molecular weight excluding hydrogens is 300 g/mol. The number of carbonyl (C=O) groups excluding carboxylic acids is 1. The van der Waals surface area contributed by atoms with Crippen molar-refractivity contribution < 1.29 is 14.5 Å². The van der Waals surface area contributed by atoms with E-state index in [1.807, 2.05) is 6.07 Å². The zero-order valence-electron chi connectivity index (χ0n) is 12.4. The number of carbonyl (C=O) groups is 1. The van der Waals surface area contributed by atoms with Crippen molar-refractivity contribution in [2.24, 2.45) is 0 Å². The highest BCUT2D eigenvalue weighted by atomic mass is 16.6. The second-order valence-electron chi connectivity index (χ2n) is 4.62. The summed E-state index contributed by atoms with van der Waals surface area (Å²) in [6.45, 7) is 1.55. The number of nitrogen functional groups attached to an aromatic ring is 1. The number of methoxy groups -OCH3 is 1. The molecule has 2 aromatic rings. The number of nitro groups is 1. The number of non-ortho nitro benzene ring substituents is 1. The molecule has 0 radical (unpaired) electrons. The van der Waals surface area contributed by atoms with Crippen LogP contribution in [0.4, 0.5) is 11.5 Å². The number of nitrogens with two attached hydrogens (primary N) is 1. The third-order valence-electron chi connectivity index (χ3n) is 3.25. The summed E-state index contributed by atoms with van der Waals surface area (Å²) >= 11 is 0. The zero-order chi connectivity index (χ0) is 17.1. The first-order chi connectivity index (χ1) is 10.9. The van der Waals surface area contributed by atoms with E-state index in [9.17, 15) is 20.2 Å². The molecule has 0 bridgehead atoms. The molecule has 2 rings (SSSR count). The lowest BCUT2D eigenvalue weighted by Crippen LogP contribution is -2.12. The molecule has 0 unspecified atom stereocenters. The van der Waals surface area contributed by atoms with Gasteiger partial charge in [-0.3, -0.25) is 10.1 Å². The summed E-state index contributed by atoms with van der Waals surface area (Å²) in [4.78, 5) is 26.5. The first-order valence-corrected chi connectivity index (χ1v) is 6.44. The number of nitriles is 1. The molecule has 116 valence electrons. The van der Waals surface area contributed by atoms with E-state index in [0.717, 1.165) is 0 Å². The van der Waals surface area contributed by atoms with Crippen molar-refractivity contribution >= 4 is 17.5 Å². The molecule has 0 aliphatic carbocycles. The van der Waals surface area contributed by atoms with Gasteiger partial charge in [-0.1, -0.05) is 12.1 Å². The first kappa shape index (κ1) is 15.9. The van der Waals surface area contributed by atoms with Crippen LogP contribution in [0.3, 0.4) is 0 Å². The normalized spacial score (nSPS) is 9.96. The molecule has 0 spiro atoms. The van der Waals surface area contributed by atoms with Crippen LogP contribution in [-0.4, -0.2) is 23.0 Å². The maximum atomic E-state index is 12.1. The van der Waals surface area contributed by atoms with Crippen LogP contribution in [0.2, 0.25) is 0 Å². The summed E-state index contributed by atoms with van der Waals surface area (Å²) in [7, 11) is 1.20. The lowest BCUT2D eigenvalue weighted by atomic mass is 9.94. The van der Waals surface area contributed by atoms with Crippen LogP contribution in [0.15, 0.2) is 24.3 Å². The molecule has 0 fully saturated rings. The van der Waals surface area contributed by atoms with Gasteiger partial charge in [-0.25, -0.2) is 9.78 Å². The number of hydrogen-bond donors (Lipinski definition) is 1. The average Bonchev–Trinajstić information content (AvgIpc) is 2.53. The van der Waals surface area contributed by atoms with Crippen LogP contribution in [0.5, 0.6) is 0 Å². The minimum absolute atomic E-state index is 0.0310. The minimum Gasteiger partial charge on any atom is -0.465 e. The smallest absolute Gasteiger partial charge is 0.340 e. The fraction of sp³-hybridized carbons (Fsp3) is 0.133. The number of ether oxygens (including phenoxy) is 1. The van der Waals surface area contributed by atoms with Gasteiger partial charge in [-0.2, -0.15) is 5.26 Å². The molecule has 0 aliphatic rings. The average molecular weight is 312 g/mol. The van der Waals surface area contributed by atoms with E-state index < -0.39 is 10.9 Å². The molecule has 0 atom stereocenters. The molecule has 0 aliphatic heterocycles. The monoisotopic (exact) mass is 312 g/mol. The summed E-state index contributed by atoms with van der Waals surface area (Å²) in [5.41, 5.74) is 6.37. The van der Waals surface area contributed by atoms with Crippen molar-refractivity contribution in [3.63, 3.8) is 0 Å². The molecule has 8 nitrogen and oxygen atoms in total. The standard InChI is InChI=1S/C15H12N4O4/c1-8-12(15(20)23-2)13(11(7-16)14(17)18-8)9-4-3-5-10(6-9)19(21)22/h3-6H,1-2H3,(H2,17,18). The number of nitrogens with zero attached hydrogens (tertiary/aromatic N) is 3. The van der Waals surface area contributed by atoms with E-state index in [1.54, 1.807) is 13.0 Å². The maximum absolute atomic E-state index is 12.1. The third-order valence-corrected chi connectivity index (χ3v) is 3.25. The summed E-state index contributed by atoms with van der Waals surface area (Å²) in [5, 5.41) is 20.3. The maximum Gasteiger partial charge on any atom is 0.340 e. The Balaban J connectivity index is 2.89. The van der Waals surface area contributed by atoms with Crippen LogP contribution in [0.1, 0.15) is 21.6 Å². The fourth-order valence-corrected chi connectivity index (χ4v) is 2.26. The largest absolute Gasteiger partial charge is 0.465 e. The summed E-state index contributed by atoms with van der Waals surface area (Å²) in [6.07, 6.45) is 0. The molecule has 0 saturated heterocycles. The van der Waals surface area contributed by atoms with Crippen LogP contribution in [0, 0.1) is 28.4 Å². The molecule has 1 aromatic carbocycles. The minimum atomic E-state index is -0.701. The van der Waals surface area contributed by atoms with Gasteiger partial charge in [0.15, 0.2) is 0 Å². The Bertz CT molecular complexity index is 855. The Hall–Kier alpha value is -3.47. The molecule has 0 amide bonds. The number of rotatable bonds is 3. The highest BCUT2D eigenvalue weighted by Gasteiger charge is 2.24. The van der Waals surface area contributed by atoms with Gasteiger partial charge < -0.3 is 10.5 Å². The first-order valence-electron chi connectivity index (χ1n) is 6.44. The number of aromatic nitrogens is 1. The van der Waals surface area contributed by atoms with E-state index in [2.05, 4.69) is 4.98 Å². The lowest BCUT2D eigenvalue weighted by molar-refractivity contribution is -0.384. The van der Waals surface area contributed by atoms with Gasteiger partial charge in [0.05, 0.1) is 23.3 Å². The Morgan fingerprint density at radius 3 is 2.74 bits per heavy atom. The second-order valence-corrected chi connectivity index (χ2v) is 4.62. The highest BCUT2D eigenvalue weighted by molar-refractivity contribution is 6.01. The number of anilines is 1. The van der Waals surface area contributed by atoms with Crippen molar-refractivity contribution in [2.45, 2.75) is 6.92 Å². The van der Waals surface area contributed by atoms with Crippen molar-refractivity contribution in [3.8, 4) is 17.2 Å². The van der Waals surface area contributed by atoms with Gasteiger partial charge in [0.2, 0.25) is 0 Å². The lowest BCUT2D eigenvalue weighted by Gasteiger charge is -2.14. The summed E-state index contributed by atoms with van der Waals surface area (Å²) in [6, 6.07) is 7.48. The quantitative estimate of drug-likeness (QED) is 0.522. The number of benzene rings is 1. The van der Waals surface area contributed by atoms with Gasteiger partial charge in [0.25, 0.3) is 5.69 Å². The Morgan fingerprint density at radius 2 is 2.17 bits per heavy atom. The van der Waals surface area contributed by atoms with Crippen molar-refractivity contribution in [1.29, 1.82) is 5.26 Å². The van der Waals surface area contributed by atoms with Crippen LogP contribution < -0.4 is 5.73 Å². The molecule has 0 saturated carbocycles. The predicted molar refractivity (Wildman–Crippen MR) is 81.5 cm³/mol. The van der Waals surface area contributed by atoms with E-state index in [0.29, 0.717) is 5.56 Å². The number of nitro benzene ring substituents is 1. The van der Waals surface area contributed by atoms with E-state index in [-0.39, 0.29) is 33.9 Å². The van der Waals surface area contributed by atoms with Gasteiger partial charge in [0, 0.05) is 17.7 Å². The molecule has 2 N–H and O–H groups in total. The van der Waals surface area contributed by atoms with Gasteiger partial charge >= 0.3 is 5.97 Å². The third kappa shape index (κ3) is 2.80. The zero-order valence-corrected chi connectivity index (χ0v) is 12.4. The second kappa shape index (κ2) is 6.11. The molecular formula is C15H12N4O4. The number of pyridine rings is 1. The van der Waals surface area contributed by atoms with E-state index in [1.165, 1.54) is 25.3 Å². The van der Waals surface area contributed by atoms with Gasteiger partial charge in [-0.15, -0.1) is 0 Å². The van der Waals surface area contributed by atoms with Gasteiger partial charge in [-0.05, 0) is 12.5 Å².